The molecule has 4 rings (SSSR count). The van der Waals surface area contributed by atoms with Gasteiger partial charge in [-0.2, -0.15) is 4.98 Å². The fourth-order valence-corrected chi connectivity index (χ4v) is 3.73. The second-order valence-corrected chi connectivity index (χ2v) is 7.80. The second-order valence-electron chi connectivity index (χ2n) is 5.61. The van der Waals surface area contributed by atoms with Gasteiger partial charge in [0.15, 0.2) is 0 Å². The van der Waals surface area contributed by atoms with E-state index in [9.17, 15) is 4.79 Å². The number of anilines is 1. The van der Waals surface area contributed by atoms with Crippen molar-refractivity contribution in [2.24, 2.45) is 0 Å². The minimum Gasteiger partial charge on any atom is -0.293 e. The van der Waals surface area contributed by atoms with Gasteiger partial charge in [0.05, 0.1) is 12.1 Å². The number of amides is 1. The first-order valence-electron chi connectivity index (χ1n) is 7.73. The normalized spacial score (nSPS) is 11.0. The van der Waals surface area contributed by atoms with E-state index in [0.717, 1.165) is 21.3 Å². The van der Waals surface area contributed by atoms with Crippen LogP contribution in [0.3, 0.4) is 0 Å². The highest BCUT2D eigenvalue weighted by molar-refractivity contribution is 9.10. The zero-order valence-corrected chi connectivity index (χ0v) is 16.5. The summed E-state index contributed by atoms with van der Waals surface area (Å²) in [7, 11) is 0. The number of aromatic nitrogens is 3. The smallest absolute Gasteiger partial charge is 0.250 e. The molecule has 0 aliphatic heterocycles. The molecule has 8 heteroatoms. The molecule has 4 aromatic rings. The zero-order chi connectivity index (χ0) is 18.1. The molecule has 0 radical (unpaired) electrons. The number of rotatable bonds is 4. The molecule has 0 bridgehead atoms. The first-order valence-corrected chi connectivity index (χ1v) is 9.78. The molecular weight excluding hydrogens is 436 g/mol. The highest BCUT2D eigenvalue weighted by Crippen LogP contribution is 2.27. The molecule has 2 heterocycles. The topological polar surface area (TPSA) is 59.3 Å². The van der Waals surface area contributed by atoms with Crippen LogP contribution in [-0.2, 0) is 11.2 Å². The third-order valence-corrected chi connectivity index (χ3v) is 5.35. The van der Waals surface area contributed by atoms with Crippen molar-refractivity contribution in [1.82, 2.24) is 14.6 Å². The van der Waals surface area contributed by atoms with Crippen LogP contribution in [0.4, 0.5) is 5.95 Å². The molecule has 0 aliphatic rings. The Kier molecular flexibility index (Phi) is 4.76. The van der Waals surface area contributed by atoms with E-state index < -0.39 is 0 Å². The Morgan fingerprint density at radius 3 is 2.62 bits per heavy atom. The van der Waals surface area contributed by atoms with Gasteiger partial charge in [0.1, 0.15) is 0 Å². The molecule has 0 fully saturated rings. The Balaban J connectivity index is 1.53. The molecule has 0 saturated carbocycles. The van der Waals surface area contributed by atoms with Gasteiger partial charge in [-0.1, -0.05) is 51.8 Å². The van der Waals surface area contributed by atoms with Gasteiger partial charge in [0.2, 0.25) is 16.8 Å². The summed E-state index contributed by atoms with van der Waals surface area (Å²) in [5.41, 5.74) is 2.81. The third-order valence-electron chi connectivity index (χ3n) is 3.75. The van der Waals surface area contributed by atoms with Crippen LogP contribution in [0.15, 0.2) is 58.4 Å². The Morgan fingerprint density at radius 1 is 1.15 bits per heavy atom. The number of nitrogens with zero attached hydrogens (tertiary/aromatic N) is 3. The Labute approximate surface area is 166 Å². The number of halogens is 2. The minimum absolute atomic E-state index is 0.154. The van der Waals surface area contributed by atoms with Crippen molar-refractivity contribution in [1.29, 1.82) is 0 Å². The van der Waals surface area contributed by atoms with Crippen molar-refractivity contribution in [3.05, 3.63) is 69.0 Å². The highest BCUT2D eigenvalue weighted by atomic mass is 79.9. The fraction of sp³-hybridized carbons (Fsp3) is 0.0556. The van der Waals surface area contributed by atoms with Gasteiger partial charge in [-0.15, -0.1) is 16.4 Å². The van der Waals surface area contributed by atoms with Crippen LogP contribution in [0.1, 0.15) is 5.56 Å². The van der Waals surface area contributed by atoms with Crippen molar-refractivity contribution >= 4 is 55.7 Å². The van der Waals surface area contributed by atoms with E-state index in [4.69, 9.17) is 11.6 Å². The molecular formula is C18H12BrClN4OS. The first-order chi connectivity index (χ1) is 12.6. The molecule has 1 N–H and O–H groups in total. The van der Waals surface area contributed by atoms with Crippen LogP contribution in [0.5, 0.6) is 0 Å². The standard InChI is InChI=1S/C18H12BrClN4OS/c19-13-5-1-11(2-6-13)9-16(25)21-17-22-18-24(23-17)15(10-26-18)12-3-7-14(20)8-4-12/h1-8,10H,9H2,(H,21,23,25). The number of nitrogens with one attached hydrogen (secondary N) is 1. The van der Waals surface area contributed by atoms with E-state index >= 15 is 0 Å². The predicted octanol–water partition coefficient (Wildman–Crippen LogP) is 5.05. The van der Waals surface area contributed by atoms with Crippen LogP contribution in [0.2, 0.25) is 5.02 Å². The number of carbonyl (C=O) groups excluding carboxylic acids is 1. The quantitative estimate of drug-likeness (QED) is 0.476. The molecule has 26 heavy (non-hydrogen) atoms. The lowest BCUT2D eigenvalue weighted by molar-refractivity contribution is -0.115. The molecule has 2 aromatic carbocycles. The summed E-state index contributed by atoms with van der Waals surface area (Å²) in [6.07, 6.45) is 0.268. The second kappa shape index (κ2) is 7.19. The Hall–Kier alpha value is -2.22. The van der Waals surface area contributed by atoms with Crippen molar-refractivity contribution in [3.63, 3.8) is 0 Å². The molecule has 130 valence electrons. The molecule has 0 aliphatic carbocycles. The molecule has 0 atom stereocenters. The maximum Gasteiger partial charge on any atom is 0.250 e. The minimum atomic E-state index is -0.154. The number of benzene rings is 2. The lowest BCUT2D eigenvalue weighted by atomic mass is 10.1. The van der Waals surface area contributed by atoms with E-state index in [1.165, 1.54) is 11.3 Å². The van der Waals surface area contributed by atoms with Crippen LogP contribution in [0.25, 0.3) is 16.2 Å². The average molecular weight is 448 g/mol. The maximum absolute atomic E-state index is 12.2. The number of thiazole rings is 1. The van der Waals surface area contributed by atoms with E-state index in [1.807, 2.05) is 53.9 Å². The van der Waals surface area contributed by atoms with Crippen LogP contribution in [-0.4, -0.2) is 20.5 Å². The Morgan fingerprint density at radius 2 is 1.88 bits per heavy atom. The zero-order valence-electron chi connectivity index (χ0n) is 13.3. The van der Waals surface area contributed by atoms with Gasteiger partial charge in [-0.3, -0.25) is 10.1 Å². The van der Waals surface area contributed by atoms with Crippen molar-refractivity contribution in [2.75, 3.05) is 5.32 Å². The van der Waals surface area contributed by atoms with Crippen LogP contribution >= 0.6 is 38.9 Å². The third kappa shape index (κ3) is 3.65. The van der Waals surface area contributed by atoms with Gasteiger partial charge in [0.25, 0.3) is 0 Å². The van der Waals surface area contributed by atoms with Gasteiger partial charge >= 0.3 is 0 Å². The highest BCUT2D eigenvalue weighted by Gasteiger charge is 2.13. The summed E-state index contributed by atoms with van der Waals surface area (Å²) in [6.45, 7) is 0. The summed E-state index contributed by atoms with van der Waals surface area (Å²) < 4.78 is 2.70. The SMILES string of the molecule is O=C(Cc1ccc(Br)cc1)Nc1nc2scc(-c3ccc(Cl)cc3)n2n1. The van der Waals surface area contributed by atoms with E-state index in [0.29, 0.717) is 15.9 Å². The van der Waals surface area contributed by atoms with Gasteiger partial charge in [-0.25, -0.2) is 4.52 Å². The molecule has 2 aromatic heterocycles. The summed E-state index contributed by atoms with van der Waals surface area (Å²) >= 11 is 10.8. The molecule has 5 nitrogen and oxygen atoms in total. The predicted molar refractivity (Wildman–Crippen MR) is 108 cm³/mol. The number of hydrogen-bond acceptors (Lipinski definition) is 4. The van der Waals surface area contributed by atoms with Crippen molar-refractivity contribution in [2.45, 2.75) is 6.42 Å². The molecule has 0 unspecified atom stereocenters. The van der Waals surface area contributed by atoms with Crippen LogP contribution in [0, 0.1) is 0 Å². The molecule has 0 saturated heterocycles. The fourth-order valence-electron chi connectivity index (χ4n) is 2.51. The maximum atomic E-state index is 12.2. The van der Waals surface area contributed by atoms with Crippen LogP contribution < -0.4 is 5.32 Å². The van der Waals surface area contributed by atoms with Gasteiger partial charge in [0, 0.05) is 20.4 Å². The number of hydrogen-bond donors (Lipinski definition) is 1. The first kappa shape index (κ1) is 17.2. The number of fused-ring (bicyclic) bond motifs is 1. The summed E-state index contributed by atoms with van der Waals surface area (Å²) in [6, 6.07) is 15.1. The van der Waals surface area contributed by atoms with Gasteiger partial charge in [-0.05, 0) is 29.8 Å². The van der Waals surface area contributed by atoms with E-state index in [2.05, 4.69) is 31.3 Å². The largest absolute Gasteiger partial charge is 0.293 e. The summed E-state index contributed by atoms with van der Waals surface area (Å²) in [4.78, 5) is 17.3. The lowest BCUT2D eigenvalue weighted by Crippen LogP contribution is -2.15. The monoisotopic (exact) mass is 446 g/mol. The van der Waals surface area contributed by atoms with Crippen molar-refractivity contribution in [3.8, 4) is 11.3 Å². The average Bonchev–Trinajstić information content (AvgIpc) is 3.18. The van der Waals surface area contributed by atoms with E-state index in [-0.39, 0.29) is 12.3 Å². The Bertz CT molecular complexity index is 1070. The lowest BCUT2D eigenvalue weighted by Gasteiger charge is -2.02. The molecule has 1 amide bonds. The van der Waals surface area contributed by atoms with Gasteiger partial charge < -0.3 is 0 Å². The summed E-state index contributed by atoms with van der Waals surface area (Å²) in [5.74, 6) is 0.146. The van der Waals surface area contributed by atoms with Crippen molar-refractivity contribution < 1.29 is 4.79 Å². The van der Waals surface area contributed by atoms with E-state index in [1.54, 1.807) is 4.52 Å². The number of carbonyl (C=O) groups is 1. The summed E-state index contributed by atoms with van der Waals surface area (Å²) in [5, 5.41) is 9.83. The molecule has 0 spiro atoms.